The quantitative estimate of drug-likeness (QED) is 0.730. The van der Waals surface area contributed by atoms with E-state index in [9.17, 15) is 0 Å². The van der Waals surface area contributed by atoms with Crippen LogP contribution in [0.25, 0.3) is 0 Å². The van der Waals surface area contributed by atoms with Gasteiger partial charge in [0.25, 0.3) is 0 Å². The number of hydrogen-bond acceptors (Lipinski definition) is 2. The van der Waals surface area contributed by atoms with Gasteiger partial charge in [0.15, 0.2) is 0 Å². The minimum absolute atomic E-state index is 0.259. The molecule has 0 aliphatic heterocycles. The van der Waals surface area contributed by atoms with Gasteiger partial charge in [-0.05, 0) is 45.4 Å². The van der Waals surface area contributed by atoms with Crippen molar-refractivity contribution >= 4 is 11.8 Å². The third-order valence-corrected chi connectivity index (χ3v) is 3.88. The molecular formula is C12H27NS. The molecule has 1 nitrogen and oxygen atoms in total. The summed E-state index contributed by atoms with van der Waals surface area (Å²) in [5.74, 6) is 2.05. The fourth-order valence-corrected chi connectivity index (χ4v) is 2.00. The molecule has 14 heavy (non-hydrogen) atoms. The lowest BCUT2D eigenvalue weighted by Crippen LogP contribution is -2.39. The minimum Gasteiger partial charge on any atom is -0.312 e. The standard InChI is InChI=1S/C12H27NS/c1-7-11(3)14-9-10(2)8-13-12(4,5)6/h10-11,13H,7-9H2,1-6H3. The molecule has 86 valence electrons. The topological polar surface area (TPSA) is 12.0 Å². The van der Waals surface area contributed by atoms with Gasteiger partial charge in [0.1, 0.15) is 0 Å². The zero-order valence-corrected chi connectivity index (χ0v) is 11.5. The van der Waals surface area contributed by atoms with Crippen molar-refractivity contribution in [3.05, 3.63) is 0 Å². The van der Waals surface area contributed by atoms with E-state index >= 15 is 0 Å². The number of nitrogens with one attached hydrogen (secondary N) is 1. The molecule has 0 aromatic carbocycles. The van der Waals surface area contributed by atoms with Gasteiger partial charge in [0.05, 0.1) is 0 Å². The molecule has 0 heterocycles. The zero-order chi connectivity index (χ0) is 11.2. The lowest BCUT2D eigenvalue weighted by atomic mass is 10.1. The SMILES string of the molecule is CCC(C)SCC(C)CNC(C)(C)C. The van der Waals surface area contributed by atoms with E-state index in [-0.39, 0.29) is 5.54 Å². The predicted molar refractivity (Wildman–Crippen MR) is 69.1 cm³/mol. The van der Waals surface area contributed by atoms with Crippen LogP contribution in [0.1, 0.15) is 48.0 Å². The van der Waals surface area contributed by atoms with E-state index < -0.39 is 0 Å². The van der Waals surface area contributed by atoms with Crippen LogP contribution in [0.15, 0.2) is 0 Å². The number of rotatable bonds is 6. The highest BCUT2D eigenvalue weighted by Crippen LogP contribution is 2.17. The molecule has 2 atom stereocenters. The van der Waals surface area contributed by atoms with E-state index in [4.69, 9.17) is 0 Å². The first kappa shape index (κ1) is 14.3. The molecule has 0 rings (SSSR count). The van der Waals surface area contributed by atoms with Crippen LogP contribution >= 0.6 is 11.8 Å². The van der Waals surface area contributed by atoms with Crippen molar-refractivity contribution < 1.29 is 0 Å². The highest BCUT2D eigenvalue weighted by atomic mass is 32.2. The van der Waals surface area contributed by atoms with Gasteiger partial charge in [0.2, 0.25) is 0 Å². The van der Waals surface area contributed by atoms with Gasteiger partial charge in [-0.3, -0.25) is 0 Å². The van der Waals surface area contributed by atoms with Crippen LogP contribution in [-0.4, -0.2) is 23.1 Å². The van der Waals surface area contributed by atoms with E-state index in [0.717, 1.165) is 17.7 Å². The van der Waals surface area contributed by atoms with Gasteiger partial charge in [-0.1, -0.05) is 20.8 Å². The second kappa shape index (κ2) is 6.73. The van der Waals surface area contributed by atoms with E-state index in [1.54, 1.807) is 0 Å². The molecule has 0 aliphatic carbocycles. The molecular weight excluding hydrogens is 190 g/mol. The van der Waals surface area contributed by atoms with Crippen LogP contribution in [-0.2, 0) is 0 Å². The average Bonchev–Trinajstić information content (AvgIpc) is 2.09. The molecule has 0 amide bonds. The van der Waals surface area contributed by atoms with Gasteiger partial charge < -0.3 is 5.32 Å². The van der Waals surface area contributed by atoms with E-state index in [1.165, 1.54) is 12.2 Å². The van der Waals surface area contributed by atoms with Gasteiger partial charge in [0, 0.05) is 10.8 Å². The smallest absolute Gasteiger partial charge is 0.00966 e. The van der Waals surface area contributed by atoms with Crippen LogP contribution in [0.2, 0.25) is 0 Å². The van der Waals surface area contributed by atoms with Gasteiger partial charge >= 0.3 is 0 Å². The Labute approximate surface area is 94.4 Å². The Bertz CT molecular complexity index is 140. The van der Waals surface area contributed by atoms with Crippen molar-refractivity contribution in [1.82, 2.24) is 5.32 Å². The number of thioether (sulfide) groups is 1. The first-order valence-corrected chi connectivity index (χ1v) is 6.76. The Hall–Kier alpha value is 0.310. The van der Waals surface area contributed by atoms with E-state index in [2.05, 4.69) is 58.6 Å². The Kier molecular flexibility index (Phi) is 6.88. The average molecular weight is 217 g/mol. The highest BCUT2D eigenvalue weighted by molar-refractivity contribution is 7.99. The lowest BCUT2D eigenvalue weighted by Gasteiger charge is -2.23. The minimum atomic E-state index is 0.259. The lowest BCUT2D eigenvalue weighted by molar-refractivity contribution is 0.395. The summed E-state index contributed by atoms with van der Waals surface area (Å²) >= 11 is 2.10. The largest absolute Gasteiger partial charge is 0.312 e. The van der Waals surface area contributed by atoms with Crippen LogP contribution in [0.5, 0.6) is 0 Å². The van der Waals surface area contributed by atoms with Gasteiger partial charge in [-0.2, -0.15) is 11.8 Å². The second-order valence-corrected chi connectivity index (χ2v) is 6.76. The van der Waals surface area contributed by atoms with Crippen LogP contribution in [0.4, 0.5) is 0 Å². The fourth-order valence-electron chi connectivity index (χ4n) is 0.986. The molecule has 0 fully saturated rings. The molecule has 0 bridgehead atoms. The fraction of sp³-hybridized carbons (Fsp3) is 1.00. The van der Waals surface area contributed by atoms with Crippen LogP contribution in [0.3, 0.4) is 0 Å². The summed E-state index contributed by atoms with van der Waals surface area (Å²) in [4.78, 5) is 0. The van der Waals surface area contributed by atoms with Crippen LogP contribution < -0.4 is 5.32 Å². The summed E-state index contributed by atoms with van der Waals surface area (Å²) in [7, 11) is 0. The van der Waals surface area contributed by atoms with Crippen LogP contribution in [0, 0.1) is 5.92 Å². The molecule has 0 aromatic rings. The van der Waals surface area contributed by atoms with E-state index in [0.29, 0.717) is 0 Å². The molecule has 2 heteroatoms. The van der Waals surface area contributed by atoms with E-state index in [1.807, 2.05) is 0 Å². The third kappa shape index (κ3) is 8.89. The molecule has 0 saturated carbocycles. The maximum atomic E-state index is 3.55. The monoisotopic (exact) mass is 217 g/mol. The van der Waals surface area contributed by atoms with Crippen molar-refractivity contribution in [3.63, 3.8) is 0 Å². The second-order valence-electron chi connectivity index (χ2n) is 5.29. The summed E-state index contributed by atoms with van der Waals surface area (Å²) in [6.45, 7) is 14.7. The molecule has 0 spiro atoms. The van der Waals surface area contributed by atoms with Gasteiger partial charge in [-0.15, -0.1) is 0 Å². The first-order chi connectivity index (χ1) is 6.35. The molecule has 0 aromatic heterocycles. The van der Waals surface area contributed by atoms with Crippen molar-refractivity contribution in [2.45, 2.75) is 58.8 Å². The highest BCUT2D eigenvalue weighted by Gasteiger charge is 2.11. The summed E-state index contributed by atoms with van der Waals surface area (Å²) in [5.41, 5.74) is 0.259. The normalized spacial score (nSPS) is 16.7. The maximum Gasteiger partial charge on any atom is 0.00966 e. The maximum absolute atomic E-state index is 3.55. The summed E-state index contributed by atoms with van der Waals surface area (Å²) < 4.78 is 0. The third-order valence-electron chi connectivity index (χ3n) is 2.22. The Morgan fingerprint density at radius 2 is 1.79 bits per heavy atom. The van der Waals surface area contributed by atoms with Crippen molar-refractivity contribution in [3.8, 4) is 0 Å². The summed E-state index contributed by atoms with van der Waals surface area (Å²) in [5, 5.41) is 4.36. The first-order valence-electron chi connectivity index (χ1n) is 5.71. The number of hydrogen-bond donors (Lipinski definition) is 1. The zero-order valence-electron chi connectivity index (χ0n) is 10.7. The summed E-state index contributed by atoms with van der Waals surface area (Å²) in [6, 6.07) is 0. The Morgan fingerprint density at radius 3 is 2.21 bits per heavy atom. The Morgan fingerprint density at radius 1 is 1.21 bits per heavy atom. The molecule has 1 N–H and O–H groups in total. The molecule has 2 unspecified atom stereocenters. The Balaban J connectivity index is 3.51. The molecule has 0 saturated heterocycles. The predicted octanol–water partition coefficient (Wildman–Crippen LogP) is 3.54. The van der Waals surface area contributed by atoms with Crippen molar-refractivity contribution in [1.29, 1.82) is 0 Å². The van der Waals surface area contributed by atoms with Gasteiger partial charge in [-0.25, -0.2) is 0 Å². The van der Waals surface area contributed by atoms with Crippen molar-refractivity contribution in [2.24, 2.45) is 5.92 Å². The molecule has 0 radical (unpaired) electrons. The molecule has 0 aliphatic rings. The summed E-state index contributed by atoms with van der Waals surface area (Å²) in [6.07, 6.45) is 1.28. The van der Waals surface area contributed by atoms with Crippen molar-refractivity contribution in [2.75, 3.05) is 12.3 Å².